The third kappa shape index (κ3) is 1.58. The molecule has 0 aliphatic heterocycles. The molecule has 0 heterocycles. The third-order valence-electron chi connectivity index (χ3n) is 3.72. The van der Waals surface area contributed by atoms with Crippen LogP contribution in [-0.4, -0.2) is 13.2 Å². The summed E-state index contributed by atoms with van der Waals surface area (Å²) in [7, 11) is -3.16. The van der Waals surface area contributed by atoms with Gasteiger partial charge in [0.15, 0.2) is 9.84 Å². The number of hydrogen-bond donors (Lipinski definition) is 0. The number of rotatable bonds is 3. The Balaban J connectivity index is 2.36. The first kappa shape index (κ1) is 11.6. The van der Waals surface area contributed by atoms with Crippen LogP contribution in [0.15, 0.2) is 35.2 Å². The van der Waals surface area contributed by atoms with Gasteiger partial charge in [0, 0.05) is 0 Å². The average molecular weight is 238 g/mol. The van der Waals surface area contributed by atoms with Gasteiger partial charge in [-0.25, -0.2) is 8.42 Å². The highest BCUT2D eigenvalue weighted by atomic mass is 32.2. The van der Waals surface area contributed by atoms with Gasteiger partial charge in [-0.3, -0.25) is 0 Å². The molecular weight excluding hydrogens is 220 g/mol. The predicted molar refractivity (Wildman–Crippen MR) is 65.0 cm³/mol. The van der Waals surface area contributed by atoms with Crippen LogP contribution in [0.4, 0.5) is 0 Å². The Kier molecular flexibility index (Phi) is 2.61. The van der Waals surface area contributed by atoms with Gasteiger partial charge >= 0.3 is 0 Å². The Labute approximate surface area is 97.6 Å². The molecule has 0 N–H and O–H groups in total. The molecule has 2 rings (SSSR count). The largest absolute Gasteiger partial charge is 0.223 e. The van der Waals surface area contributed by atoms with Crippen LogP contribution in [0.3, 0.4) is 0 Å². The van der Waals surface area contributed by atoms with Crippen molar-refractivity contribution in [3.8, 4) is 0 Å². The molecular formula is C13H18O2S. The van der Waals surface area contributed by atoms with E-state index >= 15 is 0 Å². The maximum Gasteiger partial charge on any atom is 0.184 e. The van der Waals surface area contributed by atoms with Crippen LogP contribution in [0, 0.1) is 11.8 Å². The fraction of sp³-hybridized carbons (Fsp3) is 0.538. The van der Waals surface area contributed by atoms with E-state index < -0.39 is 14.6 Å². The summed E-state index contributed by atoms with van der Waals surface area (Å²) in [6.45, 7) is 6.06. The molecule has 1 fully saturated rings. The molecule has 0 aromatic heterocycles. The van der Waals surface area contributed by atoms with Crippen LogP contribution in [-0.2, 0) is 9.84 Å². The van der Waals surface area contributed by atoms with Crippen molar-refractivity contribution in [2.24, 2.45) is 11.8 Å². The zero-order chi connectivity index (χ0) is 12.0. The summed E-state index contributed by atoms with van der Waals surface area (Å²) in [6, 6.07) is 8.78. The molecule has 2 atom stereocenters. The zero-order valence-electron chi connectivity index (χ0n) is 9.97. The first-order chi connectivity index (χ1) is 7.39. The minimum atomic E-state index is -3.16. The number of hydrogen-bond acceptors (Lipinski definition) is 2. The highest BCUT2D eigenvalue weighted by Gasteiger charge is 2.60. The fourth-order valence-electron chi connectivity index (χ4n) is 2.50. The van der Waals surface area contributed by atoms with E-state index in [2.05, 4.69) is 13.8 Å². The second-order valence-electron chi connectivity index (χ2n) is 5.18. The van der Waals surface area contributed by atoms with Crippen molar-refractivity contribution in [3.63, 3.8) is 0 Å². The highest BCUT2D eigenvalue weighted by molar-refractivity contribution is 7.93. The van der Waals surface area contributed by atoms with Crippen LogP contribution in [0.2, 0.25) is 0 Å². The Morgan fingerprint density at radius 3 is 2.25 bits per heavy atom. The van der Waals surface area contributed by atoms with Crippen LogP contribution in [0.1, 0.15) is 27.2 Å². The lowest BCUT2D eigenvalue weighted by Gasteiger charge is -2.14. The lowest BCUT2D eigenvalue weighted by molar-refractivity contribution is 0.518. The standard InChI is InChI=1S/C13H18O2S/c1-10(2)12-9-13(12,3)16(14,15)11-7-5-4-6-8-11/h4-8,10,12H,9H2,1-3H3/t12-,13+/m0/s1. The van der Waals surface area contributed by atoms with Gasteiger partial charge in [-0.1, -0.05) is 32.0 Å². The molecule has 1 aliphatic rings. The van der Waals surface area contributed by atoms with E-state index in [9.17, 15) is 8.42 Å². The summed E-state index contributed by atoms with van der Waals surface area (Å²) in [6.07, 6.45) is 0.794. The van der Waals surface area contributed by atoms with Gasteiger partial charge < -0.3 is 0 Å². The van der Waals surface area contributed by atoms with E-state index in [-0.39, 0.29) is 0 Å². The SMILES string of the molecule is CC(C)[C@@H]1C[C@@]1(C)S(=O)(=O)c1ccccc1. The molecule has 1 saturated carbocycles. The second-order valence-corrected chi connectivity index (χ2v) is 7.59. The minimum absolute atomic E-state index is 0.303. The van der Waals surface area contributed by atoms with E-state index in [1.807, 2.05) is 13.0 Å². The molecule has 0 spiro atoms. The Hall–Kier alpha value is -0.830. The summed E-state index contributed by atoms with van der Waals surface area (Å²) in [5, 5.41) is 0. The molecule has 0 bridgehead atoms. The Morgan fingerprint density at radius 1 is 1.25 bits per heavy atom. The van der Waals surface area contributed by atoms with Crippen molar-refractivity contribution in [3.05, 3.63) is 30.3 Å². The molecule has 16 heavy (non-hydrogen) atoms. The van der Waals surface area contributed by atoms with E-state index in [4.69, 9.17) is 0 Å². The van der Waals surface area contributed by atoms with E-state index in [1.165, 1.54) is 0 Å². The Morgan fingerprint density at radius 2 is 1.81 bits per heavy atom. The molecule has 1 aromatic carbocycles. The fourth-order valence-corrected chi connectivity index (χ4v) is 4.62. The van der Waals surface area contributed by atoms with E-state index in [0.29, 0.717) is 16.7 Å². The molecule has 2 nitrogen and oxygen atoms in total. The van der Waals surface area contributed by atoms with E-state index in [1.54, 1.807) is 24.3 Å². The summed E-state index contributed by atoms with van der Waals surface area (Å²) < 4.78 is 24.3. The van der Waals surface area contributed by atoms with Gasteiger partial charge in [-0.15, -0.1) is 0 Å². The quantitative estimate of drug-likeness (QED) is 0.811. The van der Waals surface area contributed by atoms with Crippen molar-refractivity contribution in [1.29, 1.82) is 0 Å². The van der Waals surface area contributed by atoms with Gasteiger partial charge in [-0.05, 0) is 37.3 Å². The predicted octanol–water partition coefficient (Wildman–Crippen LogP) is 2.89. The molecule has 0 radical (unpaired) electrons. The van der Waals surface area contributed by atoms with Crippen molar-refractivity contribution >= 4 is 9.84 Å². The minimum Gasteiger partial charge on any atom is -0.223 e. The van der Waals surface area contributed by atoms with Gasteiger partial charge in [0.05, 0.1) is 9.64 Å². The van der Waals surface area contributed by atoms with Crippen molar-refractivity contribution in [2.75, 3.05) is 0 Å². The summed E-state index contributed by atoms with van der Waals surface area (Å²) >= 11 is 0. The Bertz CT molecular complexity index is 476. The van der Waals surface area contributed by atoms with Gasteiger partial charge in [0.25, 0.3) is 0 Å². The van der Waals surface area contributed by atoms with Crippen LogP contribution in [0.5, 0.6) is 0 Å². The second kappa shape index (κ2) is 3.59. The lowest BCUT2D eigenvalue weighted by atomic mass is 10.1. The molecule has 0 unspecified atom stereocenters. The van der Waals surface area contributed by atoms with Gasteiger partial charge in [0.1, 0.15) is 0 Å². The highest BCUT2D eigenvalue weighted by Crippen LogP contribution is 2.55. The zero-order valence-corrected chi connectivity index (χ0v) is 10.8. The molecule has 0 saturated heterocycles. The first-order valence-electron chi connectivity index (χ1n) is 5.69. The summed E-state index contributed by atoms with van der Waals surface area (Å²) in [5.41, 5.74) is 0. The third-order valence-corrected chi connectivity index (χ3v) is 6.31. The van der Waals surface area contributed by atoms with Gasteiger partial charge in [0.2, 0.25) is 0 Å². The average Bonchev–Trinajstić information content (AvgIpc) is 2.94. The van der Waals surface area contributed by atoms with Crippen LogP contribution in [0.25, 0.3) is 0 Å². The van der Waals surface area contributed by atoms with Gasteiger partial charge in [-0.2, -0.15) is 0 Å². The topological polar surface area (TPSA) is 34.1 Å². The molecule has 1 aliphatic carbocycles. The smallest absolute Gasteiger partial charge is 0.184 e. The monoisotopic (exact) mass is 238 g/mol. The molecule has 0 amide bonds. The van der Waals surface area contributed by atoms with Crippen LogP contribution >= 0.6 is 0 Å². The van der Waals surface area contributed by atoms with Crippen LogP contribution < -0.4 is 0 Å². The normalized spacial score (nSPS) is 29.4. The van der Waals surface area contributed by atoms with Crippen molar-refractivity contribution < 1.29 is 8.42 Å². The maximum absolute atomic E-state index is 12.4. The lowest BCUT2D eigenvalue weighted by Crippen LogP contribution is -2.23. The first-order valence-corrected chi connectivity index (χ1v) is 7.17. The molecule has 1 aromatic rings. The molecule has 3 heteroatoms. The van der Waals surface area contributed by atoms with E-state index in [0.717, 1.165) is 6.42 Å². The summed E-state index contributed by atoms with van der Waals surface area (Å²) in [4.78, 5) is 0.459. The number of sulfone groups is 1. The van der Waals surface area contributed by atoms with Crippen molar-refractivity contribution in [1.82, 2.24) is 0 Å². The maximum atomic E-state index is 12.4. The number of benzene rings is 1. The molecule has 88 valence electrons. The van der Waals surface area contributed by atoms with Crippen molar-refractivity contribution in [2.45, 2.75) is 36.8 Å². The summed E-state index contributed by atoms with van der Waals surface area (Å²) in [5.74, 6) is 0.737.